The Kier molecular flexibility index (Phi) is 6.57. The first-order chi connectivity index (χ1) is 15.2. The van der Waals surface area contributed by atoms with Crippen molar-refractivity contribution in [3.63, 3.8) is 0 Å². The molecule has 1 fully saturated rings. The summed E-state index contributed by atoms with van der Waals surface area (Å²) in [6.45, 7) is 1.10. The number of piperidine rings is 1. The van der Waals surface area contributed by atoms with Gasteiger partial charge in [-0.25, -0.2) is 4.79 Å². The van der Waals surface area contributed by atoms with Gasteiger partial charge in [0.1, 0.15) is 0 Å². The summed E-state index contributed by atoms with van der Waals surface area (Å²) < 4.78 is 0. The van der Waals surface area contributed by atoms with Gasteiger partial charge in [-0.05, 0) is 42.7 Å². The summed E-state index contributed by atoms with van der Waals surface area (Å²) in [5.74, 6) is -0.127. The number of urea groups is 1. The number of likely N-dealkylation sites (tertiary alicyclic amines) is 1. The summed E-state index contributed by atoms with van der Waals surface area (Å²) in [5, 5.41) is 6.09. The summed E-state index contributed by atoms with van der Waals surface area (Å²) in [6, 6.07) is 24.6. The highest BCUT2D eigenvalue weighted by atomic mass is 16.2. The summed E-state index contributed by atoms with van der Waals surface area (Å²) in [4.78, 5) is 31.8. The largest absolute Gasteiger partial charge is 0.343 e. The fourth-order valence-corrected chi connectivity index (χ4v) is 3.85. The van der Waals surface area contributed by atoms with Gasteiger partial charge in [0.2, 0.25) is 5.91 Å². The third-order valence-electron chi connectivity index (χ3n) is 5.58. The van der Waals surface area contributed by atoms with Crippen molar-refractivity contribution in [3.05, 3.63) is 96.3 Å². The lowest BCUT2D eigenvalue weighted by atomic mass is 9.94. The van der Waals surface area contributed by atoms with E-state index in [0.29, 0.717) is 25.9 Å². The number of amides is 3. The van der Waals surface area contributed by atoms with Crippen molar-refractivity contribution in [2.24, 2.45) is 5.92 Å². The van der Waals surface area contributed by atoms with Gasteiger partial charge >= 0.3 is 6.03 Å². The number of carbonyl (C=O) groups excluding carboxylic acids is 2. The fraction of sp³-hybridized carbons (Fsp3) is 0.240. The van der Waals surface area contributed by atoms with Crippen molar-refractivity contribution in [1.29, 1.82) is 0 Å². The lowest BCUT2D eigenvalue weighted by Gasteiger charge is -2.32. The van der Waals surface area contributed by atoms with E-state index in [0.717, 1.165) is 16.9 Å². The Morgan fingerprint density at radius 2 is 1.52 bits per heavy atom. The fourth-order valence-electron chi connectivity index (χ4n) is 3.85. The van der Waals surface area contributed by atoms with E-state index in [-0.39, 0.29) is 23.9 Å². The van der Waals surface area contributed by atoms with Gasteiger partial charge in [0.05, 0.1) is 11.7 Å². The molecule has 0 aliphatic carbocycles. The van der Waals surface area contributed by atoms with E-state index in [1.54, 1.807) is 11.1 Å². The second-order valence-electron chi connectivity index (χ2n) is 7.66. The van der Waals surface area contributed by atoms with Crippen LogP contribution in [-0.2, 0) is 4.79 Å². The van der Waals surface area contributed by atoms with Crippen molar-refractivity contribution < 1.29 is 9.59 Å². The summed E-state index contributed by atoms with van der Waals surface area (Å²) in [7, 11) is 0. The maximum atomic E-state index is 13.1. The monoisotopic (exact) mass is 414 g/mol. The number of benzene rings is 2. The van der Waals surface area contributed by atoms with Crippen molar-refractivity contribution in [1.82, 2.24) is 15.2 Å². The van der Waals surface area contributed by atoms with E-state index in [1.165, 1.54) is 0 Å². The van der Waals surface area contributed by atoms with Gasteiger partial charge < -0.3 is 15.5 Å². The van der Waals surface area contributed by atoms with E-state index in [9.17, 15) is 9.59 Å². The Labute approximate surface area is 182 Å². The molecule has 2 aromatic carbocycles. The molecule has 1 atom stereocenters. The number of hydrogen-bond acceptors (Lipinski definition) is 3. The first-order valence-electron chi connectivity index (χ1n) is 10.6. The van der Waals surface area contributed by atoms with Crippen LogP contribution in [0.1, 0.15) is 30.1 Å². The molecule has 31 heavy (non-hydrogen) atoms. The molecule has 0 saturated carbocycles. The highest BCUT2D eigenvalue weighted by Gasteiger charge is 2.29. The van der Waals surface area contributed by atoms with Gasteiger partial charge in [-0.3, -0.25) is 9.78 Å². The summed E-state index contributed by atoms with van der Waals surface area (Å²) in [6.07, 6.45) is 3.01. The van der Waals surface area contributed by atoms with Crippen LogP contribution in [0.15, 0.2) is 85.1 Å². The van der Waals surface area contributed by atoms with E-state index >= 15 is 0 Å². The minimum Gasteiger partial charge on any atom is -0.343 e. The molecule has 1 aliphatic heterocycles. The van der Waals surface area contributed by atoms with Gasteiger partial charge in [0, 0.05) is 30.9 Å². The third-order valence-corrected chi connectivity index (χ3v) is 5.58. The van der Waals surface area contributed by atoms with Crippen LogP contribution < -0.4 is 10.6 Å². The molecule has 6 nitrogen and oxygen atoms in total. The van der Waals surface area contributed by atoms with Crippen molar-refractivity contribution >= 4 is 17.6 Å². The molecule has 158 valence electrons. The highest BCUT2D eigenvalue weighted by molar-refractivity contribution is 5.89. The van der Waals surface area contributed by atoms with E-state index in [1.807, 2.05) is 78.9 Å². The van der Waals surface area contributed by atoms with Crippen LogP contribution in [0.4, 0.5) is 10.5 Å². The second kappa shape index (κ2) is 9.89. The number of nitrogens with one attached hydrogen (secondary N) is 2. The molecule has 0 bridgehead atoms. The minimum absolute atomic E-state index is 0.00243. The molecule has 6 heteroatoms. The number of pyridine rings is 1. The Bertz CT molecular complexity index is 948. The molecule has 1 aliphatic rings. The van der Waals surface area contributed by atoms with E-state index in [4.69, 9.17) is 0 Å². The molecule has 3 amide bonds. The molecular formula is C25H26N4O2. The highest BCUT2D eigenvalue weighted by Crippen LogP contribution is 2.24. The molecule has 1 aromatic heterocycles. The van der Waals surface area contributed by atoms with Crippen molar-refractivity contribution in [2.45, 2.75) is 18.9 Å². The third kappa shape index (κ3) is 5.28. The number of para-hydroxylation sites is 1. The SMILES string of the molecule is O=C(NC(c1ccccc1)c1ccccn1)C1CCN(C(=O)Nc2ccccc2)CC1. The molecule has 2 heterocycles. The minimum atomic E-state index is -0.297. The Morgan fingerprint density at radius 1 is 0.871 bits per heavy atom. The number of rotatable bonds is 5. The molecule has 3 aromatic rings. The summed E-state index contributed by atoms with van der Waals surface area (Å²) >= 11 is 0. The zero-order chi connectivity index (χ0) is 21.5. The predicted octanol–water partition coefficient (Wildman–Crippen LogP) is 4.23. The van der Waals surface area contributed by atoms with Gasteiger partial charge in [0.15, 0.2) is 0 Å². The van der Waals surface area contributed by atoms with Crippen LogP contribution in [0.2, 0.25) is 0 Å². The zero-order valence-electron chi connectivity index (χ0n) is 17.3. The summed E-state index contributed by atoms with van der Waals surface area (Å²) in [5.41, 5.74) is 2.57. The number of carbonyl (C=O) groups is 2. The number of nitrogens with zero attached hydrogens (tertiary/aromatic N) is 2. The van der Waals surface area contributed by atoms with Gasteiger partial charge in [-0.2, -0.15) is 0 Å². The quantitative estimate of drug-likeness (QED) is 0.656. The molecule has 0 radical (unpaired) electrons. The van der Waals surface area contributed by atoms with Gasteiger partial charge in [-0.1, -0.05) is 54.6 Å². The Balaban J connectivity index is 1.37. The topological polar surface area (TPSA) is 74.3 Å². The predicted molar refractivity (Wildman–Crippen MR) is 120 cm³/mol. The number of anilines is 1. The van der Waals surface area contributed by atoms with Gasteiger partial charge in [0.25, 0.3) is 0 Å². The molecule has 1 unspecified atom stereocenters. The Morgan fingerprint density at radius 3 is 2.16 bits per heavy atom. The zero-order valence-corrected chi connectivity index (χ0v) is 17.3. The molecule has 4 rings (SSSR count). The number of aromatic nitrogens is 1. The average molecular weight is 415 g/mol. The van der Waals surface area contributed by atoms with Crippen LogP contribution in [0, 0.1) is 5.92 Å². The number of hydrogen-bond donors (Lipinski definition) is 2. The van der Waals surface area contributed by atoms with Crippen LogP contribution in [0.5, 0.6) is 0 Å². The van der Waals surface area contributed by atoms with Crippen LogP contribution in [0.25, 0.3) is 0 Å². The van der Waals surface area contributed by atoms with Crippen molar-refractivity contribution in [3.8, 4) is 0 Å². The van der Waals surface area contributed by atoms with Crippen LogP contribution in [0.3, 0.4) is 0 Å². The lowest BCUT2D eigenvalue weighted by molar-refractivity contribution is -0.126. The van der Waals surface area contributed by atoms with Crippen LogP contribution >= 0.6 is 0 Å². The molecule has 1 saturated heterocycles. The average Bonchev–Trinajstić information content (AvgIpc) is 2.84. The molecule has 0 spiro atoms. The standard InChI is InChI=1S/C25H26N4O2/c30-24(28-23(19-9-3-1-4-10-19)22-13-7-8-16-26-22)20-14-17-29(18-15-20)25(31)27-21-11-5-2-6-12-21/h1-13,16,20,23H,14-15,17-18H2,(H,27,31)(H,28,30). The first-order valence-corrected chi connectivity index (χ1v) is 10.6. The van der Waals surface area contributed by atoms with E-state index in [2.05, 4.69) is 15.6 Å². The normalized spacial score (nSPS) is 15.2. The van der Waals surface area contributed by atoms with Gasteiger partial charge in [-0.15, -0.1) is 0 Å². The lowest BCUT2D eigenvalue weighted by Crippen LogP contribution is -2.45. The van der Waals surface area contributed by atoms with Crippen molar-refractivity contribution in [2.75, 3.05) is 18.4 Å². The maximum absolute atomic E-state index is 13.1. The van der Waals surface area contributed by atoms with Crippen LogP contribution in [-0.4, -0.2) is 34.9 Å². The second-order valence-corrected chi connectivity index (χ2v) is 7.66. The molecular weight excluding hydrogens is 388 g/mol. The molecule has 2 N–H and O–H groups in total. The smallest absolute Gasteiger partial charge is 0.321 e. The first kappa shape index (κ1) is 20.6. The van der Waals surface area contributed by atoms with E-state index < -0.39 is 0 Å². The Hall–Kier alpha value is -3.67. The maximum Gasteiger partial charge on any atom is 0.321 e.